The van der Waals surface area contributed by atoms with Gasteiger partial charge in [0.1, 0.15) is 5.71 Å². The molecule has 7 rings (SSSR count). The molecule has 5 nitrogen and oxygen atoms in total. The smallest absolute Gasteiger partial charge is 0.332 e. The van der Waals surface area contributed by atoms with Gasteiger partial charge in [0, 0.05) is 66.4 Å². The molecule has 236 valence electrons. The van der Waals surface area contributed by atoms with E-state index < -0.39 is 5.97 Å². The first-order valence-electron chi connectivity index (χ1n) is 16.5. The van der Waals surface area contributed by atoms with Crippen molar-refractivity contribution >= 4 is 75.8 Å². The first-order chi connectivity index (χ1) is 22.9. The van der Waals surface area contributed by atoms with E-state index >= 15 is 0 Å². The van der Waals surface area contributed by atoms with Crippen LogP contribution in [0.3, 0.4) is 0 Å². The standard InChI is InChI=1S/C41H38N2O3S/c1-5-7-15-27(6-2)24-43-34-22-21-28(38(42-46-26(4)44)29-16-9-8-14-25(29)3)23-33(34)36-37-40(45)32-19-12-13-20-35(32)47-41(37)31-18-11-10-17-30(31)39(36)43/h8-14,16-23,27H,5-7,15,24H2,1-4H3/b42-38+. The van der Waals surface area contributed by atoms with Crippen LogP contribution in [0.25, 0.3) is 52.8 Å². The fourth-order valence-corrected chi connectivity index (χ4v) is 8.27. The SMILES string of the molecule is CCCCC(CC)Cn1c2ccc(/C(=N\OC(C)=O)c3ccccc3C)cc2c2c3c(=O)c4ccccc4sc3c3ccccc3c21. The first-order valence-corrected chi connectivity index (χ1v) is 17.4. The van der Waals surface area contributed by atoms with Crippen molar-refractivity contribution in [2.24, 2.45) is 11.1 Å². The number of unbranched alkanes of at least 4 members (excludes halogenated alkanes) is 1. The highest BCUT2D eigenvalue weighted by Crippen LogP contribution is 2.43. The predicted molar refractivity (Wildman–Crippen MR) is 198 cm³/mol. The third kappa shape index (κ3) is 5.40. The molecule has 0 radical (unpaired) electrons. The first kappa shape index (κ1) is 30.8. The van der Waals surface area contributed by atoms with Crippen LogP contribution in [0.4, 0.5) is 0 Å². The summed E-state index contributed by atoms with van der Waals surface area (Å²) in [6.07, 6.45) is 4.59. The molecule has 0 aliphatic heterocycles. The molecule has 1 unspecified atom stereocenters. The molecule has 0 spiro atoms. The van der Waals surface area contributed by atoms with Crippen LogP contribution >= 0.6 is 11.3 Å². The highest BCUT2D eigenvalue weighted by molar-refractivity contribution is 7.25. The van der Waals surface area contributed by atoms with Gasteiger partial charge in [-0.25, -0.2) is 4.79 Å². The molecule has 2 aromatic heterocycles. The summed E-state index contributed by atoms with van der Waals surface area (Å²) in [6.45, 7) is 8.78. The second-order valence-corrected chi connectivity index (χ2v) is 13.5. The summed E-state index contributed by atoms with van der Waals surface area (Å²) in [4.78, 5) is 31.8. The largest absolute Gasteiger partial charge is 0.340 e. The molecular weight excluding hydrogens is 601 g/mol. The van der Waals surface area contributed by atoms with Crippen LogP contribution in [-0.4, -0.2) is 16.2 Å². The molecule has 2 heterocycles. The molecule has 0 fully saturated rings. The fraction of sp³-hybridized carbons (Fsp3) is 0.244. The Morgan fingerprint density at radius 1 is 0.872 bits per heavy atom. The van der Waals surface area contributed by atoms with Crippen molar-refractivity contribution in [3.05, 3.63) is 118 Å². The average Bonchev–Trinajstić information content (AvgIpc) is 3.40. The minimum Gasteiger partial charge on any atom is -0.340 e. The van der Waals surface area contributed by atoms with Crippen LogP contribution in [0.1, 0.15) is 63.1 Å². The minimum absolute atomic E-state index is 0.0558. The topological polar surface area (TPSA) is 60.7 Å². The Morgan fingerprint density at radius 3 is 2.34 bits per heavy atom. The van der Waals surface area contributed by atoms with E-state index in [1.807, 2.05) is 55.5 Å². The van der Waals surface area contributed by atoms with Gasteiger partial charge in [0.15, 0.2) is 5.43 Å². The Morgan fingerprint density at radius 2 is 1.60 bits per heavy atom. The van der Waals surface area contributed by atoms with Crippen molar-refractivity contribution in [3.63, 3.8) is 0 Å². The number of rotatable bonds is 9. The number of aromatic nitrogens is 1. The maximum absolute atomic E-state index is 14.6. The van der Waals surface area contributed by atoms with E-state index in [9.17, 15) is 9.59 Å². The van der Waals surface area contributed by atoms with Gasteiger partial charge in [-0.1, -0.05) is 105 Å². The Hall–Kier alpha value is -4.81. The van der Waals surface area contributed by atoms with Crippen molar-refractivity contribution in [1.82, 2.24) is 4.57 Å². The Bertz CT molecular complexity index is 2420. The predicted octanol–water partition coefficient (Wildman–Crippen LogP) is 10.5. The number of fused-ring (bicyclic) bond motifs is 9. The zero-order chi connectivity index (χ0) is 32.7. The third-order valence-corrected chi connectivity index (χ3v) is 10.7. The molecule has 0 aliphatic rings. The van der Waals surface area contributed by atoms with Crippen molar-refractivity contribution in [2.45, 2.75) is 59.9 Å². The molecule has 0 N–H and O–H groups in total. The summed E-state index contributed by atoms with van der Waals surface area (Å²) in [5, 5.41) is 10.1. The quantitative estimate of drug-likeness (QED) is 0.0520. The van der Waals surface area contributed by atoms with Gasteiger partial charge in [0.05, 0.1) is 10.9 Å². The lowest BCUT2D eigenvalue weighted by Gasteiger charge is -2.18. The number of hydrogen-bond acceptors (Lipinski definition) is 5. The van der Waals surface area contributed by atoms with Gasteiger partial charge in [0.2, 0.25) is 0 Å². The number of aryl methyl sites for hydroxylation is 1. The summed E-state index contributed by atoms with van der Waals surface area (Å²) in [6, 6.07) is 30.8. The van der Waals surface area contributed by atoms with Crippen molar-refractivity contribution in [1.29, 1.82) is 0 Å². The maximum atomic E-state index is 14.6. The van der Waals surface area contributed by atoms with Crippen molar-refractivity contribution < 1.29 is 9.63 Å². The molecule has 0 saturated heterocycles. The van der Waals surface area contributed by atoms with E-state index in [0.29, 0.717) is 11.6 Å². The molecule has 7 aromatic rings. The van der Waals surface area contributed by atoms with E-state index in [4.69, 9.17) is 4.84 Å². The van der Waals surface area contributed by atoms with Gasteiger partial charge < -0.3 is 9.40 Å². The second-order valence-electron chi connectivity index (χ2n) is 12.5. The second kappa shape index (κ2) is 12.8. The zero-order valence-electron chi connectivity index (χ0n) is 27.3. The van der Waals surface area contributed by atoms with Crippen molar-refractivity contribution in [2.75, 3.05) is 0 Å². The minimum atomic E-state index is -0.478. The number of nitrogens with zero attached hydrogens (tertiary/aromatic N) is 2. The molecule has 1 atom stereocenters. The van der Waals surface area contributed by atoms with Crippen LogP contribution in [0.2, 0.25) is 0 Å². The van der Waals surface area contributed by atoms with Crippen LogP contribution in [0.5, 0.6) is 0 Å². The van der Waals surface area contributed by atoms with E-state index in [2.05, 4.69) is 66.0 Å². The third-order valence-electron chi connectivity index (χ3n) is 9.46. The van der Waals surface area contributed by atoms with Crippen molar-refractivity contribution in [3.8, 4) is 0 Å². The normalized spacial score (nSPS) is 12.9. The van der Waals surface area contributed by atoms with Gasteiger partial charge in [-0.3, -0.25) is 4.79 Å². The summed E-state index contributed by atoms with van der Waals surface area (Å²) < 4.78 is 4.46. The highest BCUT2D eigenvalue weighted by atomic mass is 32.1. The zero-order valence-corrected chi connectivity index (χ0v) is 28.1. The molecular formula is C41H38N2O3S. The van der Waals surface area contributed by atoms with E-state index in [-0.39, 0.29) is 5.43 Å². The van der Waals surface area contributed by atoms with Crippen LogP contribution in [0, 0.1) is 12.8 Å². The molecule has 47 heavy (non-hydrogen) atoms. The van der Waals surface area contributed by atoms with Gasteiger partial charge in [-0.05, 0) is 49.1 Å². The average molecular weight is 639 g/mol. The van der Waals surface area contributed by atoms with Gasteiger partial charge in [-0.15, -0.1) is 11.3 Å². The molecule has 5 aromatic carbocycles. The Balaban J connectivity index is 1.64. The highest BCUT2D eigenvalue weighted by Gasteiger charge is 2.24. The maximum Gasteiger partial charge on any atom is 0.332 e. The van der Waals surface area contributed by atoms with Crippen LogP contribution in [0.15, 0.2) is 101 Å². The summed E-state index contributed by atoms with van der Waals surface area (Å²) in [5.41, 5.74) is 5.55. The number of benzene rings is 5. The number of carbonyl (C=O) groups is 1. The molecule has 0 amide bonds. The monoisotopic (exact) mass is 638 g/mol. The van der Waals surface area contributed by atoms with Gasteiger partial charge in [0.25, 0.3) is 0 Å². The van der Waals surface area contributed by atoms with Crippen LogP contribution < -0.4 is 5.43 Å². The van der Waals surface area contributed by atoms with Gasteiger partial charge >= 0.3 is 5.97 Å². The lowest BCUT2D eigenvalue weighted by molar-refractivity contribution is -0.140. The van der Waals surface area contributed by atoms with E-state index in [0.717, 1.165) is 95.2 Å². The van der Waals surface area contributed by atoms with E-state index in [1.165, 1.54) is 13.3 Å². The summed E-state index contributed by atoms with van der Waals surface area (Å²) in [7, 11) is 0. The Kier molecular flexibility index (Phi) is 8.37. The number of carbonyl (C=O) groups excluding carboxylic acids is 1. The lowest BCUT2D eigenvalue weighted by atomic mass is 9.96. The van der Waals surface area contributed by atoms with E-state index in [1.54, 1.807) is 11.3 Å². The molecule has 0 aliphatic carbocycles. The summed E-state index contributed by atoms with van der Waals surface area (Å²) in [5.74, 6) is 0.0235. The summed E-state index contributed by atoms with van der Waals surface area (Å²) >= 11 is 1.69. The fourth-order valence-electron chi connectivity index (χ4n) is 7.05. The number of hydrogen-bond donors (Lipinski definition) is 0. The number of oxime groups is 1. The van der Waals surface area contributed by atoms with Crippen LogP contribution in [-0.2, 0) is 16.2 Å². The Labute approximate surface area is 278 Å². The molecule has 0 bridgehead atoms. The molecule has 6 heteroatoms. The lowest BCUT2D eigenvalue weighted by Crippen LogP contribution is -2.11. The van der Waals surface area contributed by atoms with Gasteiger partial charge in [-0.2, -0.15) is 0 Å². The molecule has 0 saturated carbocycles.